The van der Waals surface area contributed by atoms with Crippen LogP contribution in [0.5, 0.6) is 0 Å². The van der Waals surface area contributed by atoms with Crippen molar-refractivity contribution in [2.75, 3.05) is 0 Å². The molecule has 3 nitrogen and oxygen atoms in total. The van der Waals surface area contributed by atoms with Crippen LogP contribution in [0.3, 0.4) is 0 Å². The van der Waals surface area contributed by atoms with Gasteiger partial charge in [0.2, 0.25) is 0 Å². The normalized spacial score (nSPS) is 11.4. The molecule has 1 aromatic rings. The lowest BCUT2D eigenvalue weighted by Crippen LogP contribution is -2.19. The molecule has 0 fully saturated rings. The Morgan fingerprint density at radius 2 is 2.21 bits per heavy atom. The highest BCUT2D eigenvalue weighted by Crippen LogP contribution is 2.30. The summed E-state index contributed by atoms with van der Waals surface area (Å²) in [5.74, 6) is -4.98. The third-order valence-corrected chi connectivity index (χ3v) is 1.94. The second-order valence-electron chi connectivity index (χ2n) is 2.64. The van der Waals surface area contributed by atoms with E-state index in [1.165, 1.54) is 12.3 Å². The van der Waals surface area contributed by atoms with Gasteiger partial charge in [-0.2, -0.15) is 8.78 Å². The SMILES string of the molecule is O=C(O)CC(F)(F)c1ccc(Br)cn1. The Morgan fingerprint density at radius 1 is 1.57 bits per heavy atom. The van der Waals surface area contributed by atoms with Crippen LogP contribution in [0.2, 0.25) is 0 Å². The number of alkyl halides is 2. The molecule has 0 atom stereocenters. The number of nitrogens with zero attached hydrogens (tertiary/aromatic N) is 1. The van der Waals surface area contributed by atoms with E-state index in [0.717, 1.165) is 6.07 Å². The van der Waals surface area contributed by atoms with Crippen LogP contribution in [0.4, 0.5) is 8.78 Å². The second-order valence-corrected chi connectivity index (χ2v) is 3.55. The Balaban J connectivity index is 2.91. The van der Waals surface area contributed by atoms with Crippen molar-refractivity contribution in [2.45, 2.75) is 12.3 Å². The summed E-state index contributed by atoms with van der Waals surface area (Å²) >= 11 is 3.04. The van der Waals surface area contributed by atoms with Crippen molar-refractivity contribution >= 4 is 21.9 Å². The molecule has 0 saturated heterocycles. The number of hydrogen-bond donors (Lipinski definition) is 1. The van der Waals surface area contributed by atoms with E-state index in [2.05, 4.69) is 20.9 Å². The molecule has 6 heteroatoms. The molecule has 0 aliphatic rings. The average Bonchev–Trinajstić information content (AvgIpc) is 2.02. The predicted octanol–water partition coefficient (Wildman–Crippen LogP) is 2.41. The molecular formula is C8H6BrF2NO2. The first-order chi connectivity index (χ1) is 6.42. The minimum absolute atomic E-state index is 0.539. The van der Waals surface area contributed by atoms with E-state index < -0.39 is 24.0 Å². The van der Waals surface area contributed by atoms with Crippen LogP contribution in [-0.2, 0) is 10.7 Å². The molecule has 0 unspecified atom stereocenters. The second kappa shape index (κ2) is 4.00. The molecule has 0 aromatic carbocycles. The Morgan fingerprint density at radius 3 is 2.64 bits per heavy atom. The lowest BCUT2D eigenvalue weighted by atomic mass is 10.1. The minimum Gasteiger partial charge on any atom is -0.481 e. The Hall–Kier alpha value is -1.04. The molecule has 1 N–H and O–H groups in total. The summed E-state index contributed by atoms with van der Waals surface area (Å²) in [7, 11) is 0. The van der Waals surface area contributed by atoms with Gasteiger partial charge in [-0.15, -0.1) is 0 Å². The van der Waals surface area contributed by atoms with Gasteiger partial charge in [-0.25, -0.2) is 0 Å². The Labute approximate surface area is 86.9 Å². The third kappa shape index (κ3) is 2.73. The van der Waals surface area contributed by atoms with Crippen LogP contribution < -0.4 is 0 Å². The molecule has 0 amide bonds. The summed E-state index contributed by atoms with van der Waals surface area (Å²) in [6.45, 7) is 0. The van der Waals surface area contributed by atoms with Crippen LogP contribution >= 0.6 is 15.9 Å². The number of rotatable bonds is 3. The van der Waals surface area contributed by atoms with Crippen molar-refractivity contribution in [3.63, 3.8) is 0 Å². The van der Waals surface area contributed by atoms with Gasteiger partial charge in [0, 0.05) is 10.7 Å². The van der Waals surface area contributed by atoms with Gasteiger partial charge in [0.25, 0.3) is 5.92 Å². The van der Waals surface area contributed by atoms with E-state index >= 15 is 0 Å². The van der Waals surface area contributed by atoms with Gasteiger partial charge in [-0.3, -0.25) is 9.78 Å². The number of pyridine rings is 1. The van der Waals surface area contributed by atoms with E-state index in [1.54, 1.807) is 0 Å². The molecule has 0 bridgehead atoms. The van der Waals surface area contributed by atoms with Crippen molar-refractivity contribution in [1.82, 2.24) is 4.98 Å². The van der Waals surface area contributed by atoms with E-state index in [4.69, 9.17) is 5.11 Å². The zero-order chi connectivity index (χ0) is 10.8. The standard InChI is InChI=1S/C8H6BrF2NO2/c9-5-1-2-6(12-4-5)8(10,11)3-7(13)14/h1-2,4H,3H2,(H,13,14). The van der Waals surface area contributed by atoms with Crippen molar-refractivity contribution in [3.05, 3.63) is 28.5 Å². The van der Waals surface area contributed by atoms with Gasteiger partial charge in [0.15, 0.2) is 0 Å². The van der Waals surface area contributed by atoms with Crippen molar-refractivity contribution in [3.8, 4) is 0 Å². The van der Waals surface area contributed by atoms with Crippen LogP contribution in [0.15, 0.2) is 22.8 Å². The van der Waals surface area contributed by atoms with E-state index in [-0.39, 0.29) is 0 Å². The lowest BCUT2D eigenvalue weighted by molar-refractivity contribution is -0.145. The molecule has 1 heterocycles. The van der Waals surface area contributed by atoms with Gasteiger partial charge in [0.1, 0.15) is 12.1 Å². The maximum absolute atomic E-state index is 13.1. The minimum atomic E-state index is -3.42. The summed E-state index contributed by atoms with van der Waals surface area (Å²) in [4.78, 5) is 13.6. The molecule has 0 aliphatic carbocycles. The highest BCUT2D eigenvalue weighted by Gasteiger charge is 2.35. The summed E-state index contributed by atoms with van der Waals surface area (Å²) in [6, 6.07) is 2.48. The van der Waals surface area contributed by atoms with Crippen molar-refractivity contribution < 1.29 is 18.7 Å². The number of carboxylic acid groups (broad SMARTS) is 1. The number of aliphatic carboxylic acids is 1. The van der Waals surface area contributed by atoms with Gasteiger partial charge in [-0.1, -0.05) is 0 Å². The fraction of sp³-hybridized carbons (Fsp3) is 0.250. The smallest absolute Gasteiger partial charge is 0.309 e. The van der Waals surface area contributed by atoms with Crippen molar-refractivity contribution in [2.24, 2.45) is 0 Å². The summed E-state index contributed by atoms with van der Waals surface area (Å²) in [5, 5.41) is 8.25. The third-order valence-electron chi connectivity index (χ3n) is 1.48. The predicted molar refractivity (Wildman–Crippen MR) is 48.1 cm³/mol. The number of carbonyl (C=O) groups is 1. The molecule has 1 rings (SSSR count). The molecule has 0 aliphatic heterocycles. The van der Waals surface area contributed by atoms with E-state index in [0.29, 0.717) is 4.47 Å². The average molecular weight is 266 g/mol. The first-order valence-corrected chi connectivity index (χ1v) is 4.43. The Bertz CT molecular complexity index is 340. The Kier molecular flexibility index (Phi) is 3.15. The monoisotopic (exact) mass is 265 g/mol. The number of halogens is 3. The molecule has 0 spiro atoms. The molecule has 14 heavy (non-hydrogen) atoms. The van der Waals surface area contributed by atoms with E-state index in [9.17, 15) is 13.6 Å². The summed E-state index contributed by atoms with van der Waals surface area (Å²) in [6.07, 6.45) is -0.0489. The zero-order valence-corrected chi connectivity index (χ0v) is 8.46. The van der Waals surface area contributed by atoms with Crippen LogP contribution in [-0.4, -0.2) is 16.1 Å². The van der Waals surface area contributed by atoms with Crippen LogP contribution in [0.25, 0.3) is 0 Å². The van der Waals surface area contributed by atoms with Gasteiger partial charge in [-0.05, 0) is 28.1 Å². The van der Waals surface area contributed by atoms with Crippen LogP contribution in [0.1, 0.15) is 12.1 Å². The molecule has 76 valence electrons. The first-order valence-electron chi connectivity index (χ1n) is 3.63. The number of hydrogen-bond acceptors (Lipinski definition) is 2. The lowest BCUT2D eigenvalue weighted by Gasteiger charge is -2.12. The molecular weight excluding hydrogens is 260 g/mol. The number of aromatic nitrogens is 1. The summed E-state index contributed by atoms with van der Waals surface area (Å²) in [5.41, 5.74) is -0.539. The quantitative estimate of drug-likeness (QED) is 0.913. The highest BCUT2D eigenvalue weighted by molar-refractivity contribution is 9.10. The van der Waals surface area contributed by atoms with Gasteiger partial charge < -0.3 is 5.11 Å². The first kappa shape index (κ1) is 11.0. The molecule has 0 saturated carbocycles. The fourth-order valence-electron chi connectivity index (χ4n) is 0.873. The van der Waals surface area contributed by atoms with Crippen LogP contribution in [0, 0.1) is 0 Å². The van der Waals surface area contributed by atoms with Gasteiger partial charge >= 0.3 is 5.97 Å². The fourth-order valence-corrected chi connectivity index (χ4v) is 1.11. The highest BCUT2D eigenvalue weighted by atomic mass is 79.9. The number of carboxylic acids is 1. The van der Waals surface area contributed by atoms with E-state index in [1.807, 2.05) is 0 Å². The largest absolute Gasteiger partial charge is 0.481 e. The maximum atomic E-state index is 13.1. The molecule has 1 aromatic heterocycles. The topological polar surface area (TPSA) is 50.2 Å². The molecule has 0 radical (unpaired) electrons. The summed E-state index contributed by atoms with van der Waals surface area (Å²) < 4.78 is 26.7. The van der Waals surface area contributed by atoms with Crippen molar-refractivity contribution in [1.29, 1.82) is 0 Å². The zero-order valence-electron chi connectivity index (χ0n) is 6.88. The van der Waals surface area contributed by atoms with Gasteiger partial charge in [0.05, 0.1) is 0 Å². The maximum Gasteiger partial charge on any atom is 0.309 e.